The summed E-state index contributed by atoms with van der Waals surface area (Å²) >= 11 is 1.62. The van der Waals surface area contributed by atoms with E-state index in [1.54, 1.807) is 16.0 Å². The molecule has 0 aliphatic rings. The molecule has 0 bridgehead atoms. The Bertz CT molecular complexity index is 445. The fourth-order valence-electron chi connectivity index (χ4n) is 1.38. The van der Waals surface area contributed by atoms with Gasteiger partial charge in [-0.2, -0.15) is 5.10 Å². The molecule has 0 saturated carbocycles. The molecule has 0 aliphatic carbocycles. The van der Waals surface area contributed by atoms with Crippen LogP contribution < -0.4 is 11.1 Å². The van der Waals surface area contributed by atoms with Crippen LogP contribution in [0, 0.1) is 6.92 Å². The van der Waals surface area contributed by atoms with Gasteiger partial charge in [0.05, 0.1) is 23.4 Å². The lowest BCUT2D eigenvalue weighted by Gasteiger charge is -2.05. The smallest absolute Gasteiger partial charge is 0.148 e. The van der Waals surface area contributed by atoms with E-state index in [2.05, 4.69) is 15.4 Å². The van der Waals surface area contributed by atoms with Crippen LogP contribution in [-0.4, -0.2) is 14.8 Å². The van der Waals surface area contributed by atoms with E-state index in [4.69, 9.17) is 5.73 Å². The van der Waals surface area contributed by atoms with Gasteiger partial charge in [-0.1, -0.05) is 0 Å². The van der Waals surface area contributed by atoms with Gasteiger partial charge in [0, 0.05) is 18.1 Å². The molecule has 0 radical (unpaired) electrons. The number of nitrogen functional groups attached to an aromatic ring is 1. The quantitative estimate of drug-likeness (QED) is 0.824. The Morgan fingerprint density at radius 1 is 1.60 bits per heavy atom. The van der Waals surface area contributed by atoms with Gasteiger partial charge in [0.2, 0.25) is 0 Å². The summed E-state index contributed by atoms with van der Waals surface area (Å²) in [4.78, 5) is 5.18. The number of rotatable bonds is 3. The molecular weight excluding hydrogens is 210 g/mol. The first-order valence-electron chi connectivity index (χ1n) is 4.59. The van der Waals surface area contributed by atoms with E-state index in [1.165, 1.54) is 4.88 Å². The zero-order valence-corrected chi connectivity index (χ0v) is 9.51. The van der Waals surface area contributed by atoms with Crippen LogP contribution in [0.2, 0.25) is 0 Å². The highest BCUT2D eigenvalue weighted by atomic mass is 32.1. The van der Waals surface area contributed by atoms with Crippen LogP contribution in [0.3, 0.4) is 0 Å². The predicted molar refractivity (Wildman–Crippen MR) is 61.8 cm³/mol. The van der Waals surface area contributed by atoms with Crippen molar-refractivity contribution < 1.29 is 0 Å². The van der Waals surface area contributed by atoms with Gasteiger partial charge >= 0.3 is 0 Å². The van der Waals surface area contributed by atoms with E-state index in [0.717, 1.165) is 18.1 Å². The maximum absolute atomic E-state index is 5.88. The summed E-state index contributed by atoms with van der Waals surface area (Å²) in [6, 6.07) is 0. The third kappa shape index (κ3) is 1.94. The summed E-state index contributed by atoms with van der Waals surface area (Å²) < 4.78 is 1.76. The summed E-state index contributed by atoms with van der Waals surface area (Å²) in [6.45, 7) is 2.63. The van der Waals surface area contributed by atoms with Crippen molar-refractivity contribution >= 4 is 22.8 Å². The second-order valence-electron chi connectivity index (χ2n) is 3.29. The SMILES string of the molecule is Cc1nn(C)c(NCc2cncs2)c1N. The molecule has 80 valence electrons. The molecule has 0 fully saturated rings. The van der Waals surface area contributed by atoms with Gasteiger partial charge in [0.15, 0.2) is 0 Å². The number of aryl methyl sites for hydroxylation is 2. The molecule has 5 nitrogen and oxygen atoms in total. The average molecular weight is 223 g/mol. The summed E-state index contributed by atoms with van der Waals surface area (Å²) in [6.07, 6.45) is 1.84. The first kappa shape index (κ1) is 9.97. The standard InChI is InChI=1S/C9H13N5S/c1-6-8(10)9(14(2)13-6)12-4-7-3-11-5-15-7/h3,5,12H,4,10H2,1-2H3. The largest absolute Gasteiger partial charge is 0.394 e. The molecule has 0 atom stereocenters. The van der Waals surface area contributed by atoms with Crippen LogP contribution in [0.5, 0.6) is 0 Å². The lowest BCUT2D eigenvalue weighted by Crippen LogP contribution is -2.05. The Kier molecular flexibility index (Phi) is 2.59. The Balaban J connectivity index is 2.11. The molecule has 15 heavy (non-hydrogen) atoms. The van der Waals surface area contributed by atoms with Gasteiger partial charge in [-0.25, -0.2) is 0 Å². The lowest BCUT2D eigenvalue weighted by atomic mass is 10.4. The normalized spacial score (nSPS) is 10.5. The van der Waals surface area contributed by atoms with Crippen LogP contribution >= 0.6 is 11.3 Å². The van der Waals surface area contributed by atoms with Gasteiger partial charge in [0.1, 0.15) is 5.82 Å². The minimum absolute atomic E-state index is 0.710. The van der Waals surface area contributed by atoms with E-state index in [9.17, 15) is 0 Å². The number of hydrogen-bond donors (Lipinski definition) is 2. The number of nitrogens with two attached hydrogens (primary N) is 1. The molecule has 0 aliphatic heterocycles. The molecule has 0 saturated heterocycles. The first-order valence-corrected chi connectivity index (χ1v) is 5.46. The van der Waals surface area contributed by atoms with E-state index >= 15 is 0 Å². The average Bonchev–Trinajstić information content (AvgIpc) is 2.76. The van der Waals surface area contributed by atoms with Crippen LogP contribution in [0.25, 0.3) is 0 Å². The van der Waals surface area contributed by atoms with Crippen LogP contribution in [-0.2, 0) is 13.6 Å². The zero-order valence-electron chi connectivity index (χ0n) is 8.69. The molecule has 0 amide bonds. The van der Waals surface area contributed by atoms with Crippen molar-refractivity contribution in [1.82, 2.24) is 14.8 Å². The molecule has 2 heterocycles. The number of hydrogen-bond acceptors (Lipinski definition) is 5. The van der Waals surface area contributed by atoms with Crippen LogP contribution in [0.4, 0.5) is 11.5 Å². The van der Waals surface area contributed by atoms with Crippen molar-refractivity contribution in [1.29, 1.82) is 0 Å². The third-order valence-corrected chi connectivity index (χ3v) is 2.96. The number of aromatic nitrogens is 3. The number of nitrogens with one attached hydrogen (secondary N) is 1. The Labute approximate surface area is 91.9 Å². The highest BCUT2D eigenvalue weighted by Crippen LogP contribution is 2.21. The van der Waals surface area contributed by atoms with E-state index in [1.807, 2.05) is 25.7 Å². The predicted octanol–water partition coefficient (Wildman–Crippen LogP) is 1.38. The maximum atomic E-state index is 5.88. The maximum Gasteiger partial charge on any atom is 0.148 e. The second kappa shape index (κ2) is 3.90. The monoisotopic (exact) mass is 223 g/mol. The first-order chi connectivity index (χ1) is 7.18. The summed E-state index contributed by atoms with van der Waals surface area (Å²) in [5, 5.41) is 7.48. The second-order valence-corrected chi connectivity index (χ2v) is 4.26. The van der Waals surface area contributed by atoms with Crippen molar-refractivity contribution in [2.75, 3.05) is 11.1 Å². The van der Waals surface area contributed by atoms with Gasteiger partial charge in [-0.05, 0) is 6.92 Å². The van der Waals surface area contributed by atoms with Gasteiger partial charge in [-0.3, -0.25) is 9.67 Å². The number of thiazole rings is 1. The Morgan fingerprint density at radius 3 is 2.93 bits per heavy atom. The van der Waals surface area contributed by atoms with E-state index in [-0.39, 0.29) is 0 Å². The fourth-order valence-corrected chi connectivity index (χ4v) is 1.92. The summed E-state index contributed by atoms with van der Waals surface area (Å²) in [5.41, 5.74) is 9.26. The zero-order chi connectivity index (χ0) is 10.8. The molecule has 0 aromatic carbocycles. The van der Waals surface area contributed by atoms with Crippen LogP contribution in [0.15, 0.2) is 11.7 Å². The molecule has 2 aromatic heterocycles. The van der Waals surface area contributed by atoms with Crippen molar-refractivity contribution in [2.45, 2.75) is 13.5 Å². The van der Waals surface area contributed by atoms with Gasteiger partial charge in [-0.15, -0.1) is 11.3 Å². The van der Waals surface area contributed by atoms with Crippen molar-refractivity contribution in [3.05, 3.63) is 22.3 Å². The number of nitrogens with zero attached hydrogens (tertiary/aromatic N) is 3. The molecule has 6 heteroatoms. The lowest BCUT2D eigenvalue weighted by molar-refractivity contribution is 0.758. The third-order valence-electron chi connectivity index (χ3n) is 2.18. The Hall–Kier alpha value is -1.56. The molecule has 0 unspecified atom stereocenters. The highest BCUT2D eigenvalue weighted by Gasteiger charge is 2.09. The van der Waals surface area contributed by atoms with E-state index < -0.39 is 0 Å². The molecule has 0 spiro atoms. The summed E-state index contributed by atoms with van der Waals surface area (Å²) in [7, 11) is 1.87. The molecule has 3 N–H and O–H groups in total. The van der Waals surface area contributed by atoms with Crippen molar-refractivity contribution in [2.24, 2.45) is 7.05 Å². The minimum Gasteiger partial charge on any atom is -0.394 e. The minimum atomic E-state index is 0.710. The van der Waals surface area contributed by atoms with E-state index in [0.29, 0.717) is 5.69 Å². The topological polar surface area (TPSA) is 68.8 Å². The van der Waals surface area contributed by atoms with Crippen molar-refractivity contribution in [3.63, 3.8) is 0 Å². The van der Waals surface area contributed by atoms with Crippen molar-refractivity contribution in [3.8, 4) is 0 Å². The van der Waals surface area contributed by atoms with Crippen LogP contribution in [0.1, 0.15) is 10.6 Å². The summed E-state index contributed by atoms with van der Waals surface area (Å²) in [5.74, 6) is 0.862. The van der Waals surface area contributed by atoms with Gasteiger partial charge in [0.25, 0.3) is 0 Å². The molecule has 2 aromatic rings. The van der Waals surface area contributed by atoms with Gasteiger partial charge < -0.3 is 11.1 Å². The number of anilines is 2. The molecule has 2 rings (SSSR count). The fraction of sp³-hybridized carbons (Fsp3) is 0.333. The highest BCUT2D eigenvalue weighted by molar-refractivity contribution is 7.09. The Morgan fingerprint density at radius 2 is 2.40 bits per heavy atom. The molecular formula is C9H13N5S.